The standard InChI is InChI=1S/C20H19Cl2NO3/c21-16-7-6-14(17(22)13-16)12-18(24)23-10-8-20(9-11-23,19(25)26)15-4-2-1-3-5-15/h1-7,13H,8-12H2,(H,25,26). The molecule has 0 aliphatic carbocycles. The highest BCUT2D eigenvalue weighted by Gasteiger charge is 2.43. The molecule has 3 rings (SSSR count). The van der Waals surface area contributed by atoms with Crippen molar-refractivity contribution >= 4 is 35.1 Å². The summed E-state index contributed by atoms with van der Waals surface area (Å²) in [4.78, 5) is 26.3. The maximum atomic E-state index is 12.6. The first-order valence-electron chi connectivity index (χ1n) is 8.43. The number of carbonyl (C=O) groups excluding carboxylic acids is 1. The van der Waals surface area contributed by atoms with Crippen LogP contribution in [0.4, 0.5) is 0 Å². The molecular formula is C20H19Cl2NO3. The molecule has 1 amide bonds. The molecule has 26 heavy (non-hydrogen) atoms. The van der Waals surface area contributed by atoms with Crippen molar-refractivity contribution in [3.63, 3.8) is 0 Å². The lowest BCUT2D eigenvalue weighted by molar-refractivity contribution is -0.148. The second-order valence-corrected chi connectivity index (χ2v) is 7.39. The lowest BCUT2D eigenvalue weighted by Crippen LogP contribution is -2.49. The van der Waals surface area contributed by atoms with E-state index in [1.165, 1.54) is 0 Å². The Hall–Kier alpha value is -2.04. The highest BCUT2D eigenvalue weighted by Crippen LogP contribution is 2.36. The molecule has 0 atom stereocenters. The highest BCUT2D eigenvalue weighted by atomic mass is 35.5. The van der Waals surface area contributed by atoms with E-state index in [0.29, 0.717) is 36.0 Å². The summed E-state index contributed by atoms with van der Waals surface area (Å²) < 4.78 is 0. The van der Waals surface area contributed by atoms with Crippen LogP contribution in [0.1, 0.15) is 24.0 Å². The summed E-state index contributed by atoms with van der Waals surface area (Å²) in [6.45, 7) is 0.816. The number of carbonyl (C=O) groups is 2. The molecule has 2 aromatic carbocycles. The van der Waals surface area contributed by atoms with Gasteiger partial charge in [-0.3, -0.25) is 9.59 Å². The van der Waals surface area contributed by atoms with Crippen molar-refractivity contribution in [1.29, 1.82) is 0 Å². The Morgan fingerprint density at radius 3 is 2.27 bits per heavy atom. The molecule has 136 valence electrons. The Labute approximate surface area is 162 Å². The number of halogens is 2. The van der Waals surface area contributed by atoms with Gasteiger partial charge in [-0.25, -0.2) is 0 Å². The third-order valence-electron chi connectivity index (χ3n) is 5.06. The summed E-state index contributed by atoms with van der Waals surface area (Å²) in [6.07, 6.45) is 0.973. The van der Waals surface area contributed by atoms with Crippen LogP contribution < -0.4 is 0 Å². The predicted octanol–water partition coefficient (Wildman–Crippen LogP) is 4.18. The normalized spacial score (nSPS) is 16.3. The number of rotatable bonds is 4. The Balaban J connectivity index is 1.71. The van der Waals surface area contributed by atoms with Crippen molar-refractivity contribution in [2.45, 2.75) is 24.7 Å². The van der Waals surface area contributed by atoms with E-state index in [0.717, 1.165) is 11.1 Å². The molecule has 1 heterocycles. The quantitative estimate of drug-likeness (QED) is 0.849. The maximum Gasteiger partial charge on any atom is 0.314 e. The average molecular weight is 392 g/mol. The van der Waals surface area contributed by atoms with Gasteiger partial charge in [-0.2, -0.15) is 0 Å². The largest absolute Gasteiger partial charge is 0.481 e. The molecule has 0 unspecified atom stereocenters. The number of carboxylic acids is 1. The van der Waals surface area contributed by atoms with E-state index in [1.807, 2.05) is 30.3 Å². The molecule has 0 bridgehead atoms. The van der Waals surface area contributed by atoms with Gasteiger partial charge in [0.15, 0.2) is 0 Å². The van der Waals surface area contributed by atoms with Crippen LogP contribution in [0.2, 0.25) is 10.0 Å². The minimum absolute atomic E-state index is 0.0544. The summed E-state index contributed by atoms with van der Waals surface area (Å²) >= 11 is 12.0. The third kappa shape index (κ3) is 3.71. The molecule has 1 aliphatic rings. The van der Waals surface area contributed by atoms with Gasteiger partial charge in [-0.1, -0.05) is 59.6 Å². The Bertz CT molecular complexity index is 815. The first kappa shape index (κ1) is 18.7. The van der Waals surface area contributed by atoms with E-state index in [9.17, 15) is 14.7 Å². The van der Waals surface area contributed by atoms with Crippen LogP contribution >= 0.6 is 23.2 Å². The number of aliphatic carboxylic acids is 1. The molecule has 0 aromatic heterocycles. The third-order valence-corrected chi connectivity index (χ3v) is 5.65. The first-order valence-corrected chi connectivity index (χ1v) is 9.18. The van der Waals surface area contributed by atoms with E-state index < -0.39 is 11.4 Å². The van der Waals surface area contributed by atoms with Crippen molar-refractivity contribution in [3.05, 3.63) is 69.7 Å². The number of likely N-dealkylation sites (tertiary alicyclic amines) is 1. The highest BCUT2D eigenvalue weighted by molar-refractivity contribution is 6.35. The molecule has 0 saturated carbocycles. The Kier molecular flexibility index (Phi) is 5.54. The number of carboxylic acid groups (broad SMARTS) is 1. The Morgan fingerprint density at radius 2 is 1.69 bits per heavy atom. The second-order valence-electron chi connectivity index (χ2n) is 6.55. The second kappa shape index (κ2) is 7.68. The first-order chi connectivity index (χ1) is 12.4. The van der Waals surface area contributed by atoms with Gasteiger partial charge in [0.2, 0.25) is 5.91 Å². The number of benzene rings is 2. The summed E-state index contributed by atoms with van der Waals surface area (Å²) in [5.41, 5.74) is 0.579. The van der Waals surface area contributed by atoms with Gasteiger partial charge in [0.25, 0.3) is 0 Å². The summed E-state index contributed by atoms with van der Waals surface area (Å²) in [5.74, 6) is -0.891. The van der Waals surface area contributed by atoms with Gasteiger partial charge in [0.1, 0.15) is 0 Å². The SMILES string of the molecule is O=C(Cc1ccc(Cl)cc1Cl)N1CCC(C(=O)O)(c2ccccc2)CC1. The van der Waals surface area contributed by atoms with E-state index in [-0.39, 0.29) is 12.3 Å². The molecule has 1 fully saturated rings. The zero-order chi connectivity index (χ0) is 18.7. The van der Waals surface area contributed by atoms with Crippen LogP contribution in [-0.4, -0.2) is 35.0 Å². The van der Waals surface area contributed by atoms with Crippen molar-refractivity contribution in [2.75, 3.05) is 13.1 Å². The summed E-state index contributed by atoms with van der Waals surface area (Å²) in [7, 11) is 0. The fraction of sp³-hybridized carbons (Fsp3) is 0.300. The topological polar surface area (TPSA) is 57.6 Å². The zero-order valence-corrected chi connectivity index (χ0v) is 15.6. The lowest BCUT2D eigenvalue weighted by atomic mass is 9.73. The maximum absolute atomic E-state index is 12.6. The van der Waals surface area contributed by atoms with E-state index >= 15 is 0 Å². The van der Waals surface area contributed by atoms with Crippen LogP contribution in [0.3, 0.4) is 0 Å². The van der Waals surface area contributed by atoms with Gasteiger partial charge in [0.05, 0.1) is 11.8 Å². The van der Waals surface area contributed by atoms with Crippen molar-refractivity contribution in [3.8, 4) is 0 Å². The van der Waals surface area contributed by atoms with Gasteiger partial charge >= 0.3 is 5.97 Å². The molecule has 6 heteroatoms. The number of hydrogen-bond donors (Lipinski definition) is 1. The number of amides is 1. The van der Waals surface area contributed by atoms with Crippen molar-refractivity contribution in [1.82, 2.24) is 4.90 Å². The van der Waals surface area contributed by atoms with E-state index in [2.05, 4.69) is 0 Å². The van der Waals surface area contributed by atoms with Gasteiger partial charge in [-0.05, 0) is 36.1 Å². The van der Waals surface area contributed by atoms with Crippen LogP contribution in [-0.2, 0) is 21.4 Å². The molecule has 1 aliphatic heterocycles. The molecule has 1 saturated heterocycles. The molecule has 4 nitrogen and oxygen atoms in total. The molecular weight excluding hydrogens is 373 g/mol. The minimum Gasteiger partial charge on any atom is -0.481 e. The monoisotopic (exact) mass is 391 g/mol. The predicted molar refractivity (Wildman–Crippen MR) is 102 cm³/mol. The minimum atomic E-state index is -0.935. The molecule has 0 radical (unpaired) electrons. The lowest BCUT2D eigenvalue weighted by Gasteiger charge is -2.39. The van der Waals surface area contributed by atoms with Crippen LogP contribution in [0, 0.1) is 0 Å². The van der Waals surface area contributed by atoms with Crippen molar-refractivity contribution in [2.24, 2.45) is 0 Å². The Morgan fingerprint density at radius 1 is 1.04 bits per heavy atom. The average Bonchev–Trinajstić information content (AvgIpc) is 2.64. The van der Waals surface area contributed by atoms with E-state index in [4.69, 9.17) is 23.2 Å². The molecule has 0 spiro atoms. The number of nitrogens with zero attached hydrogens (tertiary/aromatic N) is 1. The fourth-order valence-electron chi connectivity index (χ4n) is 3.46. The van der Waals surface area contributed by atoms with Crippen LogP contribution in [0.25, 0.3) is 0 Å². The zero-order valence-electron chi connectivity index (χ0n) is 14.1. The van der Waals surface area contributed by atoms with Gasteiger partial charge in [0, 0.05) is 23.1 Å². The smallest absolute Gasteiger partial charge is 0.314 e. The van der Waals surface area contributed by atoms with Gasteiger partial charge in [-0.15, -0.1) is 0 Å². The van der Waals surface area contributed by atoms with Crippen LogP contribution in [0.15, 0.2) is 48.5 Å². The van der Waals surface area contributed by atoms with E-state index in [1.54, 1.807) is 23.1 Å². The summed E-state index contributed by atoms with van der Waals surface area (Å²) in [5, 5.41) is 10.8. The summed E-state index contributed by atoms with van der Waals surface area (Å²) in [6, 6.07) is 14.3. The number of piperidine rings is 1. The number of hydrogen-bond acceptors (Lipinski definition) is 2. The van der Waals surface area contributed by atoms with Crippen molar-refractivity contribution < 1.29 is 14.7 Å². The molecule has 1 N–H and O–H groups in total. The fourth-order valence-corrected chi connectivity index (χ4v) is 3.94. The van der Waals surface area contributed by atoms with Crippen LogP contribution in [0.5, 0.6) is 0 Å². The van der Waals surface area contributed by atoms with Gasteiger partial charge < -0.3 is 10.0 Å². The molecule has 2 aromatic rings.